The van der Waals surface area contributed by atoms with Crippen molar-refractivity contribution < 1.29 is 4.79 Å². The van der Waals surface area contributed by atoms with Crippen LogP contribution < -0.4 is 0 Å². The quantitative estimate of drug-likeness (QED) is 0.679. The van der Waals surface area contributed by atoms with Crippen LogP contribution in [0, 0.1) is 0 Å². The van der Waals surface area contributed by atoms with E-state index in [0.717, 1.165) is 23.3 Å². The van der Waals surface area contributed by atoms with E-state index in [1.165, 1.54) is 6.33 Å². The van der Waals surface area contributed by atoms with E-state index >= 15 is 0 Å². The summed E-state index contributed by atoms with van der Waals surface area (Å²) < 4.78 is 1.67. The highest BCUT2D eigenvalue weighted by Gasteiger charge is 2.10. The van der Waals surface area contributed by atoms with E-state index in [1.54, 1.807) is 10.6 Å². The van der Waals surface area contributed by atoms with Crippen molar-refractivity contribution in [3.05, 3.63) is 59.8 Å². The second-order valence-corrected chi connectivity index (χ2v) is 4.57. The summed E-state index contributed by atoms with van der Waals surface area (Å²) in [6.45, 7) is 2.02. The Kier molecular flexibility index (Phi) is 3.25. The van der Waals surface area contributed by atoms with E-state index in [1.807, 2.05) is 37.4 Å². The predicted molar refractivity (Wildman–Crippen MR) is 74.6 cm³/mol. The first-order valence-electron chi connectivity index (χ1n) is 6.53. The predicted octanol–water partition coefficient (Wildman–Crippen LogP) is 2.11. The number of hydrogen-bond acceptors (Lipinski definition) is 4. The molecular formula is C15H14N4O. The number of fused-ring (bicyclic) bond motifs is 1. The van der Waals surface area contributed by atoms with Crippen LogP contribution in [0.15, 0.2) is 42.9 Å². The Labute approximate surface area is 116 Å². The molecule has 0 N–H and O–H groups in total. The Balaban J connectivity index is 1.83. The van der Waals surface area contributed by atoms with Crippen molar-refractivity contribution in [3.63, 3.8) is 0 Å². The molecule has 3 aromatic heterocycles. The van der Waals surface area contributed by atoms with Crippen LogP contribution >= 0.6 is 0 Å². The van der Waals surface area contributed by atoms with Crippen LogP contribution in [0.2, 0.25) is 0 Å². The lowest BCUT2D eigenvalue weighted by molar-refractivity contribution is 0.0988. The summed E-state index contributed by atoms with van der Waals surface area (Å²) in [6, 6.07) is 9.31. The van der Waals surface area contributed by atoms with Gasteiger partial charge in [0.1, 0.15) is 12.0 Å². The minimum absolute atomic E-state index is 0.0137. The number of nitrogens with zero attached hydrogens (tertiary/aromatic N) is 4. The van der Waals surface area contributed by atoms with Gasteiger partial charge >= 0.3 is 0 Å². The molecule has 0 fully saturated rings. The van der Waals surface area contributed by atoms with Crippen molar-refractivity contribution in [2.75, 3.05) is 0 Å². The first-order valence-corrected chi connectivity index (χ1v) is 6.53. The topological polar surface area (TPSA) is 60.2 Å². The summed E-state index contributed by atoms with van der Waals surface area (Å²) in [5, 5.41) is 4.07. The molecular weight excluding hydrogens is 252 g/mol. The summed E-state index contributed by atoms with van der Waals surface area (Å²) in [5.74, 6) is 0.0137. The van der Waals surface area contributed by atoms with Crippen molar-refractivity contribution in [2.24, 2.45) is 0 Å². The van der Waals surface area contributed by atoms with Crippen LogP contribution in [0.25, 0.3) is 5.65 Å². The monoisotopic (exact) mass is 266 g/mol. The zero-order chi connectivity index (χ0) is 13.9. The standard InChI is InChI=1S/C15H14N4O/c1-2-12-4-3-5-13(18-12)14(20)8-11-6-7-15-16-10-17-19(15)9-11/h3-7,9-10H,2,8H2,1H3. The van der Waals surface area contributed by atoms with Crippen LogP contribution in [0.1, 0.15) is 28.7 Å². The summed E-state index contributed by atoms with van der Waals surface area (Å²) in [5.41, 5.74) is 3.12. The van der Waals surface area contributed by atoms with Gasteiger partial charge in [0.25, 0.3) is 0 Å². The minimum atomic E-state index is 0.0137. The number of rotatable bonds is 4. The summed E-state index contributed by atoms with van der Waals surface area (Å²) in [4.78, 5) is 20.7. The molecule has 3 aromatic rings. The SMILES string of the molecule is CCc1cccc(C(=O)Cc2ccc3ncnn3c2)n1. The molecule has 3 heterocycles. The highest BCUT2D eigenvalue weighted by molar-refractivity contribution is 5.95. The molecule has 0 aliphatic heterocycles. The first-order chi connectivity index (χ1) is 9.76. The second-order valence-electron chi connectivity index (χ2n) is 4.57. The summed E-state index contributed by atoms with van der Waals surface area (Å²) in [6.07, 6.45) is 4.46. The molecule has 20 heavy (non-hydrogen) atoms. The number of pyridine rings is 2. The van der Waals surface area contributed by atoms with Crippen molar-refractivity contribution in [3.8, 4) is 0 Å². The molecule has 0 saturated carbocycles. The maximum absolute atomic E-state index is 12.2. The lowest BCUT2D eigenvalue weighted by Gasteiger charge is -2.03. The molecule has 3 rings (SSSR count). The van der Waals surface area contributed by atoms with Crippen molar-refractivity contribution >= 4 is 11.4 Å². The van der Waals surface area contributed by atoms with Crippen LogP contribution in [-0.4, -0.2) is 25.4 Å². The average Bonchev–Trinajstić information content (AvgIpc) is 2.95. The molecule has 0 spiro atoms. The van der Waals surface area contributed by atoms with E-state index in [9.17, 15) is 4.79 Å². The Morgan fingerprint density at radius 3 is 3.00 bits per heavy atom. The first kappa shape index (κ1) is 12.5. The smallest absolute Gasteiger partial charge is 0.185 e. The molecule has 0 radical (unpaired) electrons. The molecule has 0 aliphatic rings. The molecule has 0 saturated heterocycles. The van der Waals surface area contributed by atoms with Gasteiger partial charge in [0.2, 0.25) is 0 Å². The molecule has 5 nitrogen and oxygen atoms in total. The van der Waals surface area contributed by atoms with Crippen molar-refractivity contribution in [1.82, 2.24) is 19.6 Å². The Morgan fingerprint density at radius 1 is 1.25 bits per heavy atom. The van der Waals surface area contributed by atoms with Gasteiger partial charge < -0.3 is 0 Å². The highest BCUT2D eigenvalue weighted by atomic mass is 16.1. The Hall–Kier alpha value is -2.56. The molecule has 5 heteroatoms. The van der Waals surface area contributed by atoms with Crippen molar-refractivity contribution in [2.45, 2.75) is 19.8 Å². The van der Waals surface area contributed by atoms with Gasteiger partial charge in [0.05, 0.1) is 0 Å². The normalized spacial score (nSPS) is 10.8. The molecule has 100 valence electrons. The molecule has 0 amide bonds. The van der Waals surface area contributed by atoms with Crippen LogP contribution in [-0.2, 0) is 12.8 Å². The van der Waals surface area contributed by atoms with Gasteiger partial charge in [-0.1, -0.05) is 19.1 Å². The van der Waals surface area contributed by atoms with E-state index in [0.29, 0.717) is 12.1 Å². The van der Waals surface area contributed by atoms with Crippen LogP contribution in [0.3, 0.4) is 0 Å². The highest BCUT2D eigenvalue weighted by Crippen LogP contribution is 2.08. The van der Waals surface area contributed by atoms with Crippen LogP contribution in [0.5, 0.6) is 0 Å². The van der Waals surface area contributed by atoms with Gasteiger partial charge in [0, 0.05) is 18.3 Å². The number of carbonyl (C=O) groups is 1. The Bertz CT molecular complexity index is 763. The fourth-order valence-corrected chi connectivity index (χ4v) is 2.07. The zero-order valence-corrected chi connectivity index (χ0v) is 11.2. The van der Waals surface area contributed by atoms with Gasteiger partial charge in [-0.3, -0.25) is 4.79 Å². The maximum atomic E-state index is 12.2. The zero-order valence-electron chi connectivity index (χ0n) is 11.2. The van der Waals surface area contributed by atoms with Gasteiger partial charge in [-0.15, -0.1) is 0 Å². The third kappa shape index (κ3) is 2.42. The number of Topliss-reactive ketones (excluding diaryl/α,β-unsaturated/α-hetero) is 1. The molecule has 0 unspecified atom stereocenters. The fourth-order valence-electron chi connectivity index (χ4n) is 2.07. The minimum Gasteiger partial charge on any atom is -0.292 e. The van der Waals surface area contributed by atoms with E-state index in [2.05, 4.69) is 15.1 Å². The van der Waals surface area contributed by atoms with Gasteiger partial charge in [-0.25, -0.2) is 14.5 Å². The largest absolute Gasteiger partial charge is 0.292 e. The second kappa shape index (κ2) is 5.21. The molecule has 0 aromatic carbocycles. The molecule has 0 atom stereocenters. The van der Waals surface area contributed by atoms with Gasteiger partial charge in [-0.2, -0.15) is 5.10 Å². The molecule has 0 bridgehead atoms. The van der Waals surface area contributed by atoms with E-state index in [-0.39, 0.29) is 5.78 Å². The summed E-state index contributed by atoms with van der Waals surface area (Å²) in [7, 11) is 0. The number of aryl methyl sites for hydroxylation is 1. The number of ketones is 1. The number of hydrogen-bond donors (Lipinski definition) is 0. The third-order valence-corrected chi connectivity index (χ3v) is 3.15. The van der Waals surface area contributed by atoms with Gasteiger partial charge in [-0.05, 0) is 30.2 Å². The number of carbonyl (C=O) groups excluding carboxylic acids is 1. The van der Waals surface area contributed by atoms with Crippen LogP contribution in [0.4, 0.5) is 0 Å². The fraction of sp³-hybridized carbons (Fsp3) is 0.200. The van der Waals surface area contributed by atoms with E-state index in [4.69, 9.17) is 0 Å². The van der Waals surface area contributed by atoms with Gasteiger partial charge in [0.15, 0.2) is 11.4 Å². The maximum Gasteiger partial charge on any atom is 0.185 e. The van der Waals surface area contributed by atoms with E-state index < -0.39 is 0 Å². The summed E-state index contributed by atoms with van der Waals surface area (Å²) >= 11 is 0. The van der Waals surface area contributed by atoms with Crippen molar-refractivity contribution in [1.29, 1.82) is 0 Å². The molecule has 0 aliphatic carbocycles. The Morgan fingerprint density at radius 2 is 2.15 bits per heavy atom. The third-order valence-electron chi connectivity index (χ3n) is 3.15. The lowest BCUT2D eigenvalue weighted by Crippen LogP contribution is -2.08. The average molecular weight is 266 g/mol. The lowest BCUT2D eigenvalue weighted by atomic mass is 10.1. The number of aromatic nitrogens is 4.